The molecule has 0 radical (unpaired) electrons. The minimum absolute atomic E-state index is 0.165. The van der Waals surface area contributed by atoms with Crippen LogP contribution in [0.1, 0.15) is 16.8 Å². The van der Waals surface area contributed by atoms with Gasteiger partial charge >= 0.3 is 0 Å². The minimum atomic E-state index is -0.165. The van der Waals surface area contributed by atoms with Crippen LogP contribution in [0.4, 0.5) is 11.4 Å². The summed E-state index contributed by atoms with van der Waals surface area (Å²) in [6, 6.07) is 18.8. The lowest BCUT2D eigenvalue weighted by Crippen LogP contribution is -2.13. The van der Waals surface area contributed by atoms with E-state index in [2.05, 4.69) is 19.6 Å². The third-order valence-electron chi connectivity index (χ3n) is 5.18. The molecule has 0 atom stereocenters. The van der Waals surface area contributed by atoms with Crippen molar-refractivity contribution in [1.29, 1.82) is 0 Å². The Kier molecular flexibility index (Phi) is 5.49. The fourth-order valence-electron chi connectivity index (χ4n) is 3.64. The molecule has 0 aliphatic carbocycles. The smallest absolute Gasteiger partial charge is 0.255 e. The van der Waals surface area contributed by atoms with E-state index < -0.39 is 0 Å². The lowest BCUT2D eigenvalue weighted by molar-refractivity contribution is 0.102. The van der Waals surface area contributed by atoms with Gasteiger partial charge in [0.2, 0.25) is 0 Å². The van der Waals surface area contributed by atoms with Gasteiger partial charge in [-0.2, -0.15) is 0 Å². The highest BCUT2D eigenvalue weighted by Crippen LogP contribution is 2.33. The predicted octanol–water partition coefficient (Wildman–Crippen LogP) is 6.06. The summed E-state index contributed by atoms with van der Waals surface area (Å²) in [6.45, 7) is 1.04. The Morgan fingerprint density at radius 3 is 2.71 bits per heavy atom. The van der Waals surface area contributed by atoms with Crippen molar-refractivity contribution in [2.24, 2.45) is 0 Å². The van der Waals surface area contributed by atoms with Crippen LogP contribution in [0.3, 0.4) is 0 Å². The van der Waals surface area contributed by atoms with Crippen molar-refractivity contribution in [3.05, 3.63) is 83.6 Å². The number of nitrogens with zero attached hydrogens (tertiary/aromatic N) is 3. The predicted molar refractivity (Wildman–Crippen MR) is 129 cm³/mol. The van der Waals surface area contributed by atoms with Crippen molar-refractivity contribution >= 4 is 51.7 Å². The van der Waals surface area contributed by atoms with Crippen molar-refractivity contribution in [3.63, 3.8) is 0 Å². The normalized spacial score (nSPS) is 13.5. The van der Waals surface area contributed by atoms with E-state index in [0.717, 1.165) is 40.1 Å². The third-order valence-corrected chi connectivity index (χ3v) is 6.69. The number of hydrogen-bond donors (Lipinski definition) is 1. The van der Waals surface area contributed by atoms with Crippen molar-refractivity contribution < 1.29 is 4.79 Å². The largest absolute Gasteiger partial charge is 0.322 e. The Labute approximate surface area is 189 Å². The number of hydrogen-bond acceptors (Lipinski definition) is 5. The highest BCUT2D eigenvalue weighted by Gasteiger charge is 2.15. The number of fused-ring (bicyclic) bond motifs is 1. The van der Waals surface area contributed by atoms with E-state index in [1.54, 1.807) is 24.5 Å². The molecule has 0 bridgehead atoms. The number of benzene rings is 2. The van der Waals surface area contributed by atoms with Crippen molar-refractivity contribution in [3.8, 4) is 11.3 Å². The molecule has 1 saturated heterocycles. The van der Waals surface area contributed by atoms with Gasteiger partial charge in [-0.15, -0.1) is 0 Å². The number of halogens is 1. The van der Waals surface area contributed by atoms with E-state index in [4.69, 9.17) is 11.6 Å². The molecule has 2 aromatic heterocycles. The van der Waals surface area contributed by atoms with Gasteiger partial charge in [0.15, 0.2) is 0 Å². The fraction of sp³-hybridized carbons (Fsp3) is 0.125. The number of nitrogens with one attached hydrogen (secondary N) is 1. The van der Waals surface area contributed by atoms with Crippen molar-refractivity contribution in [2.45, 2.75) is 6.42 Å². The zero-order chi connectivity index (χ0) is 21.2. The van der Waals surface area contributed by atoms with Gasteiger partial charge in [-0.05, 0) is 79.0 Å². The number of carbonyl (C=O) groups excluding carboxylic acids is 1. The zero-order valence-electron chi connectivity index (χ0n) is 16.6. The molecule has 0 unspecified atom stereocenters. The molecular formula is C24H19ClN4OS. The number of rotatable bonds is 4. The van der Waals surface area contributed by atoms with E-state index in [1.807, 2.05) is 60.5 Å². The molecule has 1 aliphatic rings. The molecule has 2 aromatic carbocycles. The van der Waals surface area contributed by atoms with Gasteiger partial charge in [-0.1, -0.05) is 11.6 Å². The highest BCUT2D eigenvalue weighted by molar-refractivity contribution is 8.00. The van der Waals surface area contributed by atoms with E-state index in [-0.39, 0.29) is 5.91 Å². The van der Waals surface area contributed by atoms with Gasteiger partial charge in [-0.25, -0.2) is 0 Å². The summed E-state index contributed by atoms with van der Waals surface area (Å²) < 4.78 is 2.26. The first-order chi connectivity index (χ1) is 15.2. The monoisotopic (exact) mass is 446 g/mol. The van der Waals surface area contributed by atoms with E-state index >= 15 is 0 Å². The van der Waals surface area contributed by atoms with Crippen LogP contribution in [0.2, 0.25) is 5.02 Å². The Bertz CT molecular complexity index is 1250. The minimum Gasteiger partial charge on any atom is -0.322 e. The van der Waals surface area contributed by atoms with Gasteiger partial charge in [0.25, 0.3) is 5.91 Å². The summed E-state index contributed by atoms with van der Waals surface area (Å²) >= 11 is 8.31. The number of amides is 1. The molecule has 0 saturated carbocycles. The van der Waals surface area contributed by atoms with E-state index in [1.165, 1.54) is 6.42 Å². The van der Waals surface area contributed by atoms with Crippen LogP contribution in [0, 0.1) is 0 Å². The number of aromatic nitrogens is 2. The highest BCUT2D eigenvalue weighted by atomic mass is 35.5. The summed E-state index contributed by atoms with van der Waals surface area (Å²) in [5.74, 6) is 0.976. The number of carbonyl (C=O) groups is 1. The molecule has 0 spiro atoms. The summed E-state index contributed by atoms with van der Waals surface area (Å²) in [4.78, 5) is 21.7. The average Bonchev–Trinajstić information content (AvgIpc) is 3.35. The lowest BCUT2D eigenvalue weighted by atomic mass is 10.1. The van der Waals surface area contributed by atoms with Crippen molar-refractivity contribution in [2.75, 3.05) is 21.9 Å². The zero-order valence-corrected chi connectivity index (χ0v) is 18.2. The summed E-state index contributed by atoms with van der Waals surface area (Å²) in [6.07, 6.45) is 4.65. The summed E-state index contributed by atoms with van der Waals surface area (Å²) in [5.41, 5.74) is 4.72. The topological polar surface area (TPSA) is 58.1 Å². The molecule has 5 nitrogen and oxygen atoms in total. The van der Waals surface area contributed by atoms with Gasteiger partial charge in [-0.3, -0.25) is 14.8 Å². The first kappa shape index (κ1) is 19.8. The van der Waals surface area contributed by atoms with Crippen LogP contribution < -0.4 is 9.62 Å². The average molecular weight is 447 g/mol. The second kappa shape index (κ2) is 8.57. The Hall–Kier alpha value is -3.09. The molecule has 31 heavy (non-hydrogen) atoms. The molecule has 1 aliphatic heterocycles. The Morgan fingerprint density at radius 2 is 1.90 bits per heavy atom. The molecule has 1 fully saturated rings. The maximum atomic E-state index is 12.8. The fourth-order valence-corrected chi connectivity index (χ4v) is 4.85. The van der Waals surface area contributed by atoms with Crippen LogP contribution in [-0.4, -0.2) is 28.2 Å². The van der Waals surface area contributed by atoms with Gasteiger partial charge in [0.05, 0.1) is 16.2 Å². The van der Waals surface area contributed by atoms with Crippen molar-refractivity contribution in [1.82, 2.24) is 9.97 Å². The summed E-state index contributed by atoms with van der Waals surface area (Å²) in [5, 5.41) is 4.45. The third kappa shape index (κ3) is 4.09. The second-order valence-corrected chi connectivity index (χ2v) is 8.73. The first-order valence-electron chi connectivity index (χ1n) is 10.0. The molecule has 3 heterocycles. The standard InChI is InChI=1S/C24H19ClN4OS/c25-21-9-6-17(15-20(21)23-19-3-1-11-26-22(19)10-12-27-23)28-24(30)16-4-7-18(8-5-16)29-13-2-14-31-29/h1,3-12,15H,2,13-14H2,(H,28,30). The molecular weight excluding hydrogens is 428 g/mol. The molecule has 154 valence electrons. The molecule has 4 aromatic rings. The van der Waals surface area contributed by atoms with Gasteiger partial charge < -0.3 is 9.62 Å². The molecule has 1 amide bonds. The lowest BCUT2D eigenvalue weighted by Gasteiger charge is -2.16. The second-order valence-electron chi connectivity index (χ2n) is 7.21. The molecule has 7 heteroatoms. The SMILES string of the molecule is O=C(Nc1ccc(Cl)c(-c2nccc3ncccc23)c1)c1ccc(N2CCCS2)cc1. The molecule has 1 N–H and O–H groups in total. The summed E-state index contributed by atoms with van der Waals surface area (Å²) in [7, 11) is 0. The van der Waals surface area contributed by atoms with Gasteiger partial charge in [0, 0.05) is 52.6 Å². The van der Waals surface area contributed by atoms with Crippen LogP contribution in [-0.2, 0) is 0 Å². The van der Waals surface area contributed by atoms with E-state index in [9.17, 15) is 4.79 Å². The van der Waals surface area contributed by atoms with Crippen LogP contribution in [0.25, 0.3) is 22.2 Å². The van der Waals surface area contributed by atoms with Crippen LogP contribution >= 0.6 is 23.5 Å². The number of pyridine rings is 2. The van der Waals surface area contributed by atoms with Crippen LogP contribution in [0.15, 0.2) is 73.1 Å². The maximum Gasteiger partial charge on any atom is 0.255 e. The Morgan fingerprint density at radius 1 is 1.03 bits per heavy atom. The van der Waals surface area contributed by atoms with E-state index in [0.29, 0.717) is 16.3 Å². The Balaban J connectivity index is 1.41. The quantitative estimate of drug-likeness (QED) is 0.386. The number of anilines is 2. The molecule has 5 rings (SSSR count). The van der Waals surface area contributed by atoms with Gasteiger partial charge in [0.1, 0.15) is 0 Å². The first-order valence-corrected chi connectivity index (χ1v) is 11.3. The van der Waals surface area contributed by atoms with Crippen LogP contribution in [0.5, 0.6) is 0 Å². The maximum absolute atomic E-state index is 12.8.